The van der Waals surface area contributed by atoms with Crippen LogP contribution in [0.5, 0.6) is 5.75 Å². The van der Waals surface area contributed by atoms with Gasteiger partial charge in [-0.25, -0.2) is 0 Å². The molecule has 0 saturated carbocycles. The molecule has 20 heavy (non-hydrogen) atoms. The lowest BCUT2D eigenvalue weighted by atomic mass is 10.0. The Kier molecular flexibility index (Phi) is 4.81. The van der Waals surface area contributed by atoms with Crippen LogP contribution in [0.4, 0.5) is 8.78 Å². The summed E-state index contributed by atoms with van der Waals surface area (Å²) in [5.74, 6) is -0.0963. The Morgan fingerprint density at radius 1 is 1.00 bits per heavy atom. The smallest absolute Gasteiger partial charge is 0.387 e. The maximum Gasteiger partial charge on any atom is 0.387 e. The van der Waals surface area contributed by atoms with Gasteiger partial charge in [0.15, 0.2) is 0 Å². The molecule has 0 aliphatic rings. The monoisotopic (exact) mass is 318 g/mol. The highest BCUT2D eigenvalue weighted by Gasteiger charge is 2.19. The van der Waals surface area contributed by atoms with Crippen molar-refractivity contribution in [3.63, 3.8) is 0 Å². The molecule has 6 heteroatoms. The summed E-state index contributed by atoms with van der Waals surface area (Å²) in [7, 11) is 0. The van der Waals surface area contributed by atoms with E-state index in [0.717, 1.165) is 0 Å². The third kappa shape index (κ3) is 3.39. The van der Waals surface area contributed by atoms with E-state index in [0.29, 0.717) is 10.6 Å². The summed E-state index contributed by atoms with van der Waals surface area (Å²) in [6.07, 6.45) is -1.19. The Morgan fingerprint density at radius 2 is 1.70 bits per heavy atom. The van der Waals surface area contributed by atoms with Gasteiger partial charge in [0.1, 0.15) is 11.9 Å². The Labute approximate surface area is 124 Å². The van der Waals surface area contributed by atoms with Crippen LogP contribution in [0.2, 0.25) is 10.0 Å². The summed E-state index contributed by atoms with van der Waals surface area (Å²) >= 11 is 11.8. The molecular formula is C14H10Cl2F2O2. The normalized spacial score (nSPS) is 12.5. The predicted octanol–water partition coefficient (Wildman–Crippen LogP) is 4.68. The molecule has 0 heterocycles. The van der Waals surface area contributed by atoms with E-state index in [-0.39, 0.29) is 16.3 Å². The van der Waals surface area contributed by atoms with E-state index in [1.165, 1.54) is 30.3 Å². The molecule has 0 radical (unpaired) electrons. The quantitative estimate of drug-likeness (QED) is 0.887. The lowest BCUT2D eigenvalue weighted by Gasteiger charge is -2.17. The molecule has 2 nitrogen and oxygen atoms in total. The minimum Gasteiger partial charge on any atom is -0.434 e. The van der Waals surface area contributed by atoms with E-state index < -0.39 is 12.7 Å². The number of hydrogen-bond acceptors (Lipinski definition) is 2. The molecule has 1 atom stereocenters. The number of alkyl halides is 2. The molecule has 0 aliphatic heterocycles. The van der Waals surface area contributed by atoms with E-state index >= 15 is 0 Å². The number of ether oxygens (including phenoxy) is 1. The fourth-order valence-corrected chi connectivity index (χ4v) is 2.31. The van der Waals surface area contributed by atoms with E-state index in [1.54, 1.807) is 12.1 Å². The zero-order valence-corrected chi connectivity index (χ0v) is 11.6. The van der Waals surface area contributed by atoms with Crippen molar-refractivity contribution < 1.29 is 18.6 Å². The highest BCUT2D eigenvalue weighted by molar-refractivity contribution is 6.35. The minimum atomic E-state index is -2.97. The highest BCUT2D eigenvalue weighted by atomic mass is 35.5. The SMILES string of the molecule is OC(c1ccc(Cl)cc1Cl)c1ccccc1OC(F)F. The molecule has 0 amide bonds. The first-order chi connectivity index (χ1) is 9.49. The number of rotatable bonds is 4. The van der Waals surface area contributed by atoms with Crippen molar-refractivity contribution >= 4 is 23.2 Å². The van der Waals surface area contributed by atoms with Crippen LogP contribution in [-0.2, 0) is 0 Å². The summed E-state index contributed by atoms with van der Waals surface area (Å²) in [4.78, 5) is 0. The largest absolute Gasteiger partial charge is 0.434 e. The van der Waals surface area contributed by atoms with Crippen molar-refractivity contribution in [2.24, 2.45) is 0 Å². The molecule has 2 rings (SSSR count). The fraction of sp³-hybridized carbons (Fsp3) is 0.143. The fourth-order valence-electron chi connectivity index (χ4n) is 1.80. The number of aliphatic hydroxyl groups excluding tert-OH is 1. The average molecular weight is 319 g/mol. The van der Waals surface area contributed by atoms with Crippen LogP contribution in [0.3, 0.4) is 0 Å². The Bertz CT molecular complexity index is 605. The van der Waals surface area contributed by atoms with Crippen LogP contribution in [0.25, 0.3) is 0 Å². The van der Waals surface area contributed by atoms with Crippen molar-refractivity contribution in [3.8, 4) is 5.75 Å². The molecule has 0 saturated heterocycles. The number of aliphatic hydroxyl groups is 1. The topological polar surface area (TPSA) is 29.5 Å². The van der Waals surface area contributed by atoms with E-state index in [9.17, 15) is 13.9 Å². The zero-order chi connectivity index (χ0) is 14.7. The first-order valence-corrected chi connectivity index (χ1v) is 6.41. The second-order valence-corrected chi connectivity index (χ2v) is 4.83. The van der Waals surface area contributed by atoms with Gasteiger partial charge in [-0.2, -0.15) is 8.78 Å². The zero-order valence-electron chi connectivity index (χ0n) is 10.1. The minimum absolute atomic E-state index is 0.0963. The van der Waals surface area contributed by atoms with Crippen LogP contribution in [-0.4, -0.2) is 11.7 Å². The lowest BCUT2D eigenvalue weighted by molar-refractivity contribution is -0.0512. The maximum atomic E-state index is 12.4. The van der Waals surface area contributed by atoms with Crippen LogP contribution in [0, 0.1) is 0 Å². The van der Waals surface area contributed by atoms with Crippen LogP contribution in [0.15, 0.2) is 42.5 Å². The Hall–Kier alpha value is -1.36. The van der Waals surface area contributed by atoms with Crippen molar-refractivity contribution in [2.45, 2.75) is 12.7 Å². The van der Waals surface area contributed by atoms with Gasteiger partial charge in [-0.1, -0.05) is 47.5 Å². The van der Waals surface area contributed by atoms with Crippen molar-refractivity contribution in [2.75, 3.05) is 0 Å². The number of halogens is 4. The molecule has 0 aliphatic carbocycles. The molecule has 0 spiro atoms. The molecule has 1 N–H and O–H groups in total. The van der Waals surface area contributed by atoms with Gasteiger partial charge in [0.2, 0.25) is 0 Å². The molecule has 0 aromatic heterocycles. The first kappa shape index (κ1) is 15.0. The van der Waals surface area contributed by atoms with Gasteiger partial charge in [-0.15, -0.1) is 0 Å². The Morgan fingerprint density at radius 3 is 2.35 bits per heavy atom. The van der Waals surface area contributed by atoms with Gasteiger partial charge >= 0.3 is 6.61 Å². The standard InChI is InChI=1S/C14H10Cl2F2O2/c15-8-5-6-9(11(16)7-8)13(19)10-3-1-2-4-12(10)20-14(17)18/h1-7,13-14,19H. The maximum absolute atomic E-state index is 12.4. The number of para-hydroxylation sites is 1. The molecule has 0 bridgehead atoms. The molecule has 2 aromatic carbocycles. The summed E-state index contributed by atoms with van der Waals surface area (Å²) in [5.41, 5.74) is 0.568. The predicted molar refractivity (Wildman–Crippen MR) is 73.6 cm³/mol. The second-order valence-electron chi connectivity index (χ2n) is 3.98. The molecule has 2 aromatic rings. The summed E-state index contributed by atoms with van der Waals surface area (Å²) in [6.45, 7) is -2.97. The summed E-state index contributed by atoms with van der Waals surface area (Å²) in [5, 5.41) is 11.0. The molecule has 1 unspecified atom stereocenters. The third-order valence-corrected chi connectivity index (χ3v) is 3.25. The molecule has 106 valence electrons. The van der Waals surface area contributed by atoms with Crippen LogP contribution >= 0.6 is 23.2 Å². The van der Waals surface area contributed by atoms with Gasteiger partial charge < -0.3 is 9.84 Å². The van der Waals surface area contributed by atoms with Gasteiger partial charge in [-0.05, 0) is 18.2 Å². The van der Waals surface area contributed by atoms with Gasteiger partial charge in [0.05, 0.1) is 0 Å². The second kappa shape index (κ2) is 6.39. The van der Waals surface area contributed by atoms with Crippen molar-refractivity contribution in [1.82, 2.24) is 0 Å². The van der Waals surface area contributed by atoms with Gasteiger partial charge in [0, 0.05) is 21.2 Å². The molecular weight excluding hydrogens is 309 g/mol. The number of hydrogen-bond donors (Lipinski definition) is 1. The highest BCUT2D eigenvalue weighted by Crippen LogP contribution is 2.35. The summed E-state index contributed by atoms with van der Waals surface area (Å²) < 4.78 is 29.1. The lowest BCUT2D eigenvalue weighted by Crippen LogP contribution is -2.08. The van der Waals surface area contributed by atoms with Crippen LogP contribution in [0.1, 0.15) is 17.2 Å². The van der Waals surface area contributed by atoms with Crippen molar-refractivity contribution in [3.05, 3.63) is 63.6 Å². The van der Waals surface area contributed by atoms with E-state index in [2.05, 4.69) is 4.74 Å². The summed E-state index contributed by atoms with van der Waals surface area (Å²) in [6, 6.07) is 10.6. The van der Waals surface area contributed by atoms with E-state index in [4.69, 9.17) is 23.2 Å². The van der Waals surface area contributed by atoms with Crippen molar-refractivity contribution in [1.29, 1.82) is 0 Å². The van der Waals surface area contributed by atoms with Crippen LogP contribution < -0.4 is 4.74 Å². The van der Waals surface area contributed by atoms with Gasteiger partial charge in [-0.3, -0.25) is 0 Å². The first-order valence-electron chi connectivity index (χ1n) is 5.66. The third-order valence-electron chi connectivity index (χ3n) is 2.69. The van der Waals surface area contributed by atoms with E-state index in [1.807, 2.05) is 0 Å². The number of benzene rings is 2. The van der Waals surface area contributed by atoms with Gasteiger partial charge in [0.25, 0.3) is 0 Å². The Balaban J connectivity index is 2.40. The molecule has 0 fully saturated rings. The average Bonchev–Trinajstić information content (AvgIpc) is 2.38.